The van der Waals surface area contributed by atoms with E-state index in [1.807, 2.05) is 4.90 Å². The molecule has 7 rings (SSSR count). The number of benzene rings is 4. The largest absolute Gasteiger partial charge is 0.478 e. The van der Waals surface area contributed by atoms with E-state index in [0.717, 1.165) is 18.6 Å². The molecule has 0 bridgehead atoms. The number of rotatable bonds is 34. The number of non-ortho nitro benzene ring substituents is 1. The second kappa shape index (κ2) is 27.9. The Kier molecular flexibility index (Phi) is 20.6. The maximum absolute atomic E-state index is 14.1. The number of hydrogen-bond donors (Lipinski definition) is 3. The van der Waals surface area contributed by atoms with Crippen LogP contribution in [-0.4, -0.2) is 154 Å². The molecule has 23 heteroatoms. The molecule has 4 aromatic carbocycles. The second-order valence-electron chi connectivity index (χ2n) is 17.5. The summed E-state index contributed by atoms with van der Waals surface area (Å²) in [5.74, 6) is -2.70. The van der Waals surface area contributed by atoms with Gasteiger partial charge in [0.2, 0.25) is 0 Å². The molecule has 1 atom stereocenters. The number of anilines is 3. The average molecular weight is 1040 g/mol. The maximum Gasteiger partial charge on any atom is 0.335 e. The Morgan fingerprint density at radius 1 is 0.707 bits per heavy atom. The van der Waals surface area contributed by atoms with Gasteiger partial charge in [-0.25, -0.2) is 9.59 Å². The van der Waals surface area contributed by atoms with E-state index in [0.29, 0.717) is 182 Å². The molecule has 2 heterocycles. The molecular weight excluding hydrogens is 983 g/mol. The van der Waals surface area contributed by atoms with Crippen molar-refractivity contribution in [2.75, 3.05) is 116 Å². The molecular formula is C52H59N5O18. The molecule has 400 valence electrons. The van der Waals surface area contributed by atoms with Gasteiger partial charge in [0.15, 0.2) is 11.5 Å². The lowest BCUT2D eigenvalue weighted by Gasteiger charge is -2.34. The minimum atomic E-state index is -1.31. The summed E-state index contributed by atoms with van der Waals surface area (Å²) in [7, 11) is 0. The van der Waals surface area contributed by atoms with Crippen LogP contribution >= 0.6 is 0 Å². The van der Waals surface area contributed by atoms with Gasteiger partial charge in [-0.15, -0.1) is 0 Å². The number of carbonyl (C=O) groups excluding carboxylic acids is 2. The van der Waals surface area contributed by atoms with Gasteiger partial charge in [-0.3, -0.25) is 29.8 Å². The zero-order valence-electron chi connectivity index (χ0n) is 41.2. The van der Waals surface area contributed by atoms with Gasteiger partial charge in [0.25, 0.3) is 11.4 Å². The lowest BCUT2D eigenvalue weighted by Crippen LogP contribution is -2.39. The number of Topliss-reactive ketones (excluding diaryl/α,β-unsaturated/α-hetero) is 1. The molecule has 1 fully saturated rings. The van der Waals surface area contributed by atoms with Crippen LogP contribution in [0.4, 0.5) is 28.4 Å². The number of ether oxygens (including phenoxy) is 7. The minimum absolute atomic E-state index is 0.107. The zero-order chi connectivity index (χ0) is 53.1. The molecule has 1 saturated heterocycles. The molecule has 2 aliphatic rings. The summed E-state index contributed by atoms with van der Waals surface area (Å²) < 4.78 is 44.8. The van der Waals surface area contributed by atoms with Crippen LogP contribution < -0.4 is 10.2 Å². The first kappa shape index (κ1) is 55.5. The molecule has 1 aliphatic heterocycles. The Hall–Kier alpha value is -7.25. The molecule has 3 N–H and O–H groups in total. The van der Waals surface area contributed by atoms with Gasteiger partial charge >= 0.3 is 11.9 Å². The molecule has 5 aromatic rings. The fourth-order valence-electron chi connectivity index (χ4n) is 8.83. The SMILES string of the molecule is O=C(O)c1cc(Nc2cc(N3CCC[C@H](C(=O)CCCOCCOCCOCCOCCOCCOCCOCCCc4ccc([N+](=O)[O-])cc4[N+](=O)[O-])C3)c3noc4c3c2C(=O)c2ccccc2-4)cc(C(=O)O)c1. The minimum Gasteiger partial charge on any atom is -0.478 e. The highest BCUT2D eigenvalue weighted by Crippen LogP contribution is 2.47. The van der Waals surface area contributed by atoms with E-state index in [1.165, 1.54) is 24.3 Å². The van der Waals surface area contributed by atoms with Crippen molar-refractivity contribution < 1.29 is 76.9 Å². The van der Waals surface area contributed by atoms with Crippen LogP contribution in [0.15, 0.2) is 71.3 Å². The van der Waals surface area contributed by atoms with Crippen molar-refractivity contribution in [3.63, 3.8) is 0 Å². The smallest absolute Gasteiger partial charge is 0.335 e. The number of nitrogens with one attached hydrogen (secondary N) is 1. The number of ketones is 2. The van der Waals surface area contributed by atoms with Crippen molar-refractivity contribution in [1.29, 1.82) is 0 Å². The standard InChI is InChI=1S/C52H59N5O18/c58-45(10-5-15-69-17-19-71-21-23-73-25-27-74-26-24-72-22-20-70-18-16-68-14-4-7-34-11-12-39(56(64)65)31-43(34)57(66)67)35-6-3-13-55(33-35)44-32-42(53-38-29-36(51(60)61)28-37(30-38)52(62)63)46-47-48(44)54-75-50(47)41-9-2-1-8-40(41)49(46)59/h1-2,8-9,11-12,28-32,35,53H,3-7,10,13-27,33H2,(H,60,61)(H,62,63)/t35-/m0/s1. The number of nitro groups is 2. The van der Waals surface area contributed by atoms with E-state index in [2.05, 4.69) is 10.5 Å². The first-order valence-corrected chi connectivity index (χ1v) is 24.6. The number of aromatic nitrogens is 1. The van der Waals surface area contributed by atoms with Gasteiger partial charge in [-0.05, 0) is 62.4 Å². The summed E-state index contributed by atoms with van der Waals surface area (Å²) in [6.45, 7) is 6.32. The number of aromatic carboxylic acids is 2. The van der Waals surface area contributed by atoms with E-state index >= 15 is 0 Å². The molecule has 0 radical (unpaired) electrons. The van der Waals surface area contributed by atoms with Crippen molar-refractivity contribution in [2.24, 2.45) is 5.92 Å². The van der Waals surface area contributed by atoms with Gasteiger partial charge in [-0.2, -0.15) is 0 Å². The summed E-state index contributed by atoms with van der Waals surface area (Å²) in [5.41, 5.74) is 2.08. The number of nitrogens with zero attached hydrogens (tertiary/aromatic N) is 4. The summed E-state index contributed by atoms with van der Waals surface area (Å²) >= 11 is 0. The fraction of sp³-hybridized carbons (Fsp3) is 0.442. The zero-order valence-corrected chi connectivity index (χ0v) is 41.2. The molecule has 0 unspecified atom stereocenters. The highest BCUT2D eigenvalue weighted by atomic mass is 16.6. The third kappa shape index (κ3) is 15.2. The van der Waals surface area contributed by atoms with E-state index in [-0.39, 0.29) is 51.2 Å². The first-order valence-electron chi connectivity index (χ1n) is 24.6. The quantitative estimate of drug-likeness (QED) is 0.0203. The molecule has 1 aliphatic carbocycles. The molecule has 0 saturated carbocycles. The highest BCUT2D eigenvalue weighted by Gasteiger charge is 2.35. The third-order valence-corrected chi connectivity index (χ3v) is 12.5. The lowest BCUT2D eigenvalue weighted by atomic mass is 9.85. The predicted octanol–water partition coefficient (Wildman–Crippen LogP) is 7.31. The van der Waals surface area contributed by atoms with Crippen molar-refractivity contribution >= 4 is 62.8 Å². The Balaban J connectivity index is 0.726. The van der Waals surface area contributed by atoms with E-state index in [1.54, 1.807) is 30.3 Å². The Bertz CT molecular complexity index is 2790. The van der Waals surface area contributed by atoms with Crippen LogP contribution in [0, 0.1) is 26.1 Å². The van der Waals surface area contributed by atoms with E-state index in [9.17, 15) is 49.6 Å². The van der Waals surface area contributed by atoms with Crippen LogP contribution in [0.2, 0.25) is 0 Å². The van der Waals surface area contributed by atoms with Gasteiger partial charge in [-0.1, -0.05) is 29.4 Å². The van der Waals surface area contributed by atoms with Gasteiger partial charge < -0.3 is 58.1 Å². The number of aryl methyl sites for hydroxylation is 1. The number of carboxylic acids is 2. The van der Waals surface area contributed by atoms with Gasteiger partial charge in [0.1, 0.15) is 11.3 Å². The first-order chi connectivity index (χ1) is 36.4. The average Bonchev–Trinajstić information content (AvgIpc) is 3.85. The third-order valence-electron chi connectivity index (χ3n) is 12.5. The number of hydrogen-bond acceptors (Lipinski definition) is 19. The van der Waals surface area contributed by atoms with Gasteiger partial charge in [0, 0.05) is 67.1 Å². The molecule has 1 aromatic heterocycles. The fourth-order valence-corrected chi connectivity index (χ4v) is 8.83. The van der Waals surface area contributed by atoms with Crippen molar-refractivity contribution in [3.05, 3.63) is 115 Å². The molecule has 0 amide bonds. The highest BCUT2D eigenvalue weighted by molar-refractivity contribution is 6.29. The normalized spacial score (nSPS) is 14.0. The topological polar surface area (TPSA) is 301 Å². The van der Waals surface area contributed by atoms with Crippen LogP contribution in [0.25, 0.3) is 22.2 Å². The lowest BCUT2D eigenvalue weighted by molar-refractivity contribution is -0.394. The number of fused-ring (bicyclic) bond motifs is 2. The second-order valence-corrected chi connectivity index (χ2v) is 17.5. The number of carboxylic acid groups (broad SMARTS) is 2. The summed E-state index contributed by atoms with van der Waals surface area (Å²) in [6.07, 6.45) is 3.16. The van der Waals surface area contributed by atoms with Crippen LogP contribution in [0.5, 0.6) is 0 Å². The number of piperidine rings is 1. The summed E-state index contributed by atoms with van der Waals surface area (Å²) in [6, 6.07) is 16.0. The summed E-state index contributed by atoms with van der Waals surface area (Å²) in [5, 5.41) is 49.7. The van der Waals surface area contributed by atoms with Crippen LogP contribution in [-0.2, 0) is 44.4 Å². The van der Waals surface area contributed by atoms with Gasteiger partial charge in [0.05, 0.1) is 129 Å². The van der Waals surface area contributed by atoms with Crippen molar-refractivity contribution in [3.8, 4) is 11.3 Å². The number of nitro benzene ring substituents is 2. The Morgan fingerprint density at radius 2 is 1.27 bits per heavy atom. The monoisotopic (exact) mass is 1040 g/mol. The molecule has 23 nitrogen and oxygen atoms in total. The van der Waals surface area contributed by atoms with Crippen molar-refractivity contribution in [1.82, 2.24) is 5.16 Å². The molecule has 75 heavy (non-hydrogen) atoms. The Labute approximate surface area is 430 Å². The van der Waals surface area contributed by atoms with Crippen LogP contribution in [0.3, 0.4) is 0 Å². The Morgan fingerprint density at radius 3 is 1.83 bits per heavy atom. The number of carbonyl (C=O) groups is 4. The van der Waals surface area contributed by atoms with Crippen molar-refractivity contribution in [2.45, 2.75) is 38.5 Å². The molecule has 0 spiro atoms. The predicted molar refractivity (Wildman–Crippen MR) is 270 cm³/mol. The summed E-state index contributed by atoms with van der Waals surface area (Å²) in [4.78, 5) is 74.5. The van der Waals surface area contributed by atoms with E-state index < -0.39 is 21.8 Å². The maximum atomic E-state index is 14.1. The van der Waals surface area contributed by atoms with Crippen LogP contribution in [0.1, 0.15) is 74.3 Å². The van der Waals surface area contributed by atoms with E-state index in [4.69, 9.17) is 37.7 Å².